The quantitative estimate of drug-likeness (QED) is 0.686. The van der Waals surface area contributed by atoms with Crippen molar-refractivity contribution in [2.75, 3.05) is 18.8 Å². The summed E-state index contributed by atoms with van der Waals surface area (Å²) < 4.78 is 0. The molecule has 0 saturated carbocycles. The summed E-state index contributed by atoms with van der Waals surface area (Å²) in [5.41, 5.74) is 7.60. The lowest BCUT2D eigenvalue weighted by Crippen LogP contribution is -2.39. The van der Waals surface area contributed by atoms with Gasteiger partial charge in [-0.3, -0.25) is 0 Å². The Bertz CT molecular complexity index is 405. The number of hydrogen-bond donors (Lipinski definition) is 2. The van der Waals surface area contributed by atoms with Gasteiger partial charge in [0.15, 0.2) is 0 Å². The smallest absolute Gasteiger partial charge is 0.101 e. The molecule has 3 nitrogen and oxygen atoms in total. The van der Waals surface area contributed by atoms with Gasteiger partial charge >= 0.3 is 0 Å². The van der Waals surface area contributed by atoms with Gasteiger partial charge in [-0.1, -0.05) is 11.6 Å². The van der Waals surface area contributed by atoms with E-state index in [0.717, 1.165) is 18.7 Å². The zero-order valence-corrected chi connectivity index (χ0v) is 8.30. The fraction of sp³-hybridized carbons (Fsp3) is 0.300. The molecule has 0 bridgehead atoms. The van der Waals surface area contributed by atoms with Crippen molar-refractivity contribution in [3.63, 3.8) is 0 Å². The summed E-state index contributed by atoms with van der Waals surface area (Å²) in [5.74, 6) is 0.472. The number of anilines is 1. The molecule has 1 saturated heterocycles. The Kier molecular flexibility index (Phi) is 2.32. The number of nitrogens with two attached hydrogens (primary N) is 1. The lowest BCUT2D eigenvalue weighted by Gasteiger charge is -2.27. The van der Waals surface area contributed by atoms with Crippen molar-refractivity contribution >= 4 is 17.3 Å². The summed E-state index contributed by atoms with van der Waals surface area (Å²) in [6, 6.07) is 5.73. The molecule has 0 aromatic heterocycles. The number of hydrogen-bond acceptors (Lipinski definition) is 3. The second-order valence-corrected chi connectivity index (χ2v) is 3.84. The molecular weight excluding hydrogens is 198 g/mol. The van der Waals surface area contributed by atoms with Crippen LogP contribution in [0, 0.1) is 11.3 Å². The first-order chi connectivity index (χ1) is 6.72. The molecule has 1 heterocycles. The third kappa shape index (κ3) is 1.43. The third-order valence-electron chi connectivity index (χ3n) is 2.53. The van der Waals surface area contributed by atoms with Crippen LogP contribution in [0.5, 0.6) is 0 Å². The molecule has 0 unspecified atom stereocenters. The van der Waals surface area contributed by atoms with Crippen molar-refractivity contribution in [2.45, 2.75) is 5.92 Å². The van der Waals surface area contributed by atoms with Crippen molar-refractivity contribution in [1.29, 1.82) is 5.26 Å². The van der Waals surface area contributed by atoms with Crippen LogP contribution in [0.4, 0.5) is 5.69 Å². The van der Waals surface area contributed by atoms with E-state index in [9.17, 15) is 0 Å². The largest absolute Gasteiger partial charge is 0.396 e. The topological polar surface area (TPSA) is 61.8 Å². The number of benzene rings is 1. The predicted octanol–water partition coefficient (Wildman–Crippen LogP) is 1.48. The molecule has 72 valence electrons. The Morgan fingerprint density at radius 2 is 2.21 bits per heavy atom. The van der Waals surface area contributed by atoms with E-state index in [2.05, 4.69) is 5.32 Å². The summed E-state index contributed by atoms with van der Waals surface area (Å²) in [6.45, 7) is 1.90. The Morgan fingerprint density at radius 3 is 2.71 bits per heavy atom. The highest BCUT2D eigenvalue weighted by molar-refractivity contribution is 6.33. The van der Waals surface area contributed by atoms with Gasteiger partial charge in [0.05, 0.1) is 16.3 Å². The highest BCUT2D eigenvalue weighted by atomic mass is 35.5. The fourth-order valence-electron chi connectivity index (χ4n) is 1.49. The minimum absolute atomic E-state index is 0.380. The monoisotopic (exact) mass is 207 g/mol. The van der Waals surface area contributed by atoms with Gasteiger partial charge in [0, 0.05) is 19.0 Å². The van der Waals surface area contributed by atoms with Crippen LogP contribution in [0.25, 0.3) is 0 Å². The van der Waals surface area contributed by atoms with Gasteiger partial charge in [-0.2, -0.15) is 5.26 Å². The molecule has 0 aliphatic carbocycles. The molecule has 0 radical (unpaired) electrons. The maximum Gasteiger partial charge on any atom is 0.101 e. The Balaban J connectivity index is 2.43. The van der Waals surface area contributed by atoms with Crippen molar-refractivity contribution in [3.8, 4) is 6.07 Å². The molecule has 2 rings (SSSR count). The van der Waals surface area contributed by atoms with Gasteiger partial charge in [0.2, 0.25) is 0 Å². The lowest BCUT2D eigenvalue weighted by molar-refractivity contribution is 0.448. The zero-order chi connectivity index (χ0) is 10.1. The standard InChI is InChI=1S/C10H10ClN3/c11-9-2-6(8-4-14-5-8)1-7(3-12)10(9)13/h1-2,8,14H,4-5,13H2. The second kappa shape index (κ2) is 3.49. The molecule has 3 N–H and O–H groups in total. The molecule has 0 spiro atoms. The minimum Gasteiger partial charge on any atom is -0.396 e. The number of nitriles is 1. The maximum absolute atomic E-state index is 8.84. The SMILES string of the molecule is N#Cc1cc(C2CNC2)cc(Cl)c1N. The van der Waals surface area contributed by atoms with E-state index in [4.69, 9.17) is 22.6 Å². The summed E-state index contributed by atoms with van der Waals surface area (Å²) in [5, 5.41) is 12.5. The van der Waals surface area contributed by atoms with Crippen molar-refractivity contribution < 1.29 is 0 Å². The molecule has 0 amide bonds. The number of nitrogens with one attached hydrogen (secondary N) is 1. The van der Waals surface area contributed by atoms with Crippen LogP contribution >= 0.6 is 11.6 Å². The van der Waals surface area contributed by atoms with Crippen LogP contribution in [0.2, 0.25) is 5.02 Å². The van der Waals surface area contributed by atoms with Gasteiger partial charge < -0.3 is 11.1 Å². The van der Waals surface area contributed by atoms with Gasteiger partial charge in [-0.15, -0.1) is 0 Å². The number of halogens is 1. The highest BCUT2D eigenvalue weighted by Crippen LogP contribution is 2.29. The maximum atomic E-state index is 8.84. The fourth-order valence-corrected chi connectivity index (χ4v) is 1.72. The molecule has 4 heteroatoms. The van der Waals surface area contributed by atoms with Crippen LogP contribution in [0.1, 0.15) is 17.0 Å². The molecule has 14 heavy (non-hydrogen) atoms. The highest BCUT2D eigenvalue weighted by Gasteiger charge is 2.20. The minimum atomic E-state index is 0.380. The predicted molar refractivity (Wildman–Crippen MR) is 56.2 cm³/mol. The van der Waals surface area contributed by atoms with E-state index in [1.165, 1.54) is 0 Å². The molecular formula is C10H10ClN3. The van der Waals surface area contributed by atoms with E-state index in [-0.39, 0.29) is 0 Å². The van der Waals surface area contributed by atoms with Gasteiger partial charge in [0.25, 0.3) is 0 Å². The van der Waals surface area contributed by atoms with E-state index in [1.807, 2.05) is 18.2 Å². The average Bonchev–Trinajstić information content (AvgIpc) is 2.08. The third-order valence-corrected chi connectivity index (χ3v) is 2.84. The number of rotatable bonds is 1. The van der Waals surface area contributed by atoms with Crippen molar-refractivity contribution in [2.24, 2.45) is 0 Å². The molecule has 1 aliphatic rings. The number of nitrogen functional groups attached to an aromatic ring is 1. The molecule has 1 aliphatic heterocycles. The normalized spacial score (nSPS) is 16.0. The van der Waals surface area contributed by atoms with E-state index in [1.54, 1.807) is 0 Å². The summed E-state index contributed by atoms with van der Waals surface area (Å²) in [7, 11) is 0. The first kappa shape index (κ1) is 9.32. The van der Waals surface area contributed by atoms with E-state index in [0.29, 0.717) is 22.2 Å². The summed E-state index contributed by atoms with van der Waals surface area (Å²) in [4.78, 5) is 0. The van der Waals surface area contributed by atoms with Crippen LogP contribution in [-0.2, 0) is 0 Å². The van der Waals surface area contributed by atoms with E-state index >= 15 is 0 Å². The van der Waals surface area contributed by atoms with Crippen LogP contribution in [-0.4, -0.2) is 13.1 Å². The molecule has 1 fully saturated rings. The van der Waals surface area contributed by atoms with Crippen LogP contribution < -0.4 is 11.1 Å². The Morgan fingerprint density at radius 1 is 1.50 bits per heavy atom. The molecule has 1 aromatic rings. The lowest BCUT2D eigenvalue weighted by atomic mass is 9.92. The van der Waals surface area contributed by atoms with Crippen molar-refractivity contribution in [1.82, 2.24) is 5.32 Å². The Hall–Kier alpha value is -1.24. The number of nitrogens with zero attached hydrogens (tertiary/aromatic N) is 1. The van der Waals surface area contributed by atoms with E-state index < -0.39 is 0 Å². The molecule has 1 aromatic carbocycles. The summed E-state index contributed by atoms with van der Waals surface area (Å²) >= 11 is 5.93. The average molecular weight is 208 g/mol. The Labute approximate surface area is 87.5 Å². The van der Waals surface area contributed by atoms with Gasteiger partial charge in [-0.25, -0.2) is 0 Å². The molecule has 0 atom stereocenters. The van der Waals surface area contributed by atoms with Gasteiger partial charge in [0.1, 0.15) is 6.07 Å². The van der Waals surface area contributed by atoms with Crippen LogP contribution in [0.3, 0.4) is 0 Å². The zero-order valence-electron chi connectivity index (χ0n) is 7.55. The summed E-state index contributed by atoms with van der Waals surface area (Å²) in [6.07, 6.45) is 0. The van der Waals surface area contributed by atoms with Crippen LogP contribution in [0.15, 0.2) is 12.1 Å². The van der Waals surface area contributed by atoms with Gasteiger partial charge in [-0.05, 0) is 17.7 Å². The first-order valence-electron chi connectivity index (χ1n) is 4.42. The first-order valence-corrected chi connectivity index (χ1v) is 4.80. The second-order valence-electron chi connectivity index (χ2n) is 3.43. The van der Waals surface area contributed by atoms with Crippen molar-refractivity contribution in [3.05, 3.63) is 28.3 Å².